The van der Waals surface area contributed by atoms with Gasteiger partial charge in [0, 0.05) is 37.7 Å². The Morgan fingerprint density at radius 1 is 1.15 bits per heavy atom. The predicted molar refractivity (Wildman–Crippen MR) is 108 cm³/mol. The number of amides is 1. The Morgan fingerprint density at radius 3 is 2.52 bits per heavy atom. The second-order valence-corrected chi connectivity index (χ2v) is 7.34. The average Bonchev–Trinajstić information content (AvgIpc) is 2.69. The maximum absolute atomic E-state index is 13.9. The molecule has 1 N–H and O–H groups in total. The van der Waals surface area contributed by atoms with Crippen LogP contribution in [0.2, 0.25) is 5.02 Å². The maximum Gasteiger partial charge on any atom is 0.241 e. The number of carbonyl (C=O) groups is 1. The molecule has 27 heavy (non-hydrogen) atoms. The smallest absolute Gasteiger partial charge is 0.241 e. The lowest BCUT2D eigenvalue weighted by Crippen LogP contribution is -2.53. The first kappa shape index (κ1) is 19.8. The SMILES string of the molecule is C[C@H](C(=O)Nc1ccc(Cl)cc1F)N1CCN(CCc2ccccc2)CC1. The molecule has 4 nitrogen and oxygen atoms in total. The molecule has 0 bridgehead atoms. The number of carbonyl (C=O) groups excluding carboxylic acids is 1. The van der Waals surface area contributed by atoms with Crippen LogP contribution in [-0.4, -0.2) is 54.5 Å². The number of hydrogen-bond donors (Lipinski definition) is 1. The van der Waals surface area contributed by atoms with Crippen molar-refractivity contribution in [1.82, 2.24) is 9.80 Å². The summed E-state index contributed by atoms with van der Waals surface area (Å²) in [5.74, 6) is -0.720. The molecule has 2 aromatic rings. The first-order valence-electron chi connectivity index (χ1n) is 9.29. The summed E-state index contributed by atoms with van der Waals surface area (Å²) >= 11 is 5.75. The van der Waals surface area contributed by atoms with Gasteiger partial charge in [-0.05, 0) is 37.1 Å². The minimum absolute atomic E-state index is 0.165. The largest absolute Gasteiger partial charge is 0.322 e. The summed E-state index contributed by atoms with van der Waals surface area (Å²) in [5.41, 5.74) is 1.51. The lowest BCUT2D eigenvalue weighted by atomic mass is 10.1. The third kappa shape index (κ3) is 5.51. The zero-order valence-corrected chi connectivity index (χ0v) is 16.3. The molecule has 1 aliphatic rings. The monoisotopic (exact) mass is 389 g/mol. The summed E-state index contributed by atoms with van der Waals surface area (Å²) in [5, 5.41) is 2.97. The van der Waals surface area contributed by atoms with Crippen molar-refractivity contribution in [1.29, 1.82) is 0 Å². The van der Waals surface area contributed by atoms with E-state index in [9.17, 15) is 9.18 Å². The molecule has 0 radical (unpaired) electrons. The molecule has 1 saturated heterocycles. The Balaban J connectivity index is 1.46. The highest BCUT2D eigenvalue weighted by Gasteiger charge is 2.26. The van der Waals surface area contributed by atoms with Gasteiger partial charge in [0.25, 0.3) is 0 Å². The normalized spacial score (nSPS) is 16.9. The fraction of sp³-hybridized carbons (Fsp3) is 0.381. The van der Waals surface area contributed by atoms with Crippen molar-refractivity contribution in [2.45, 2.75) is 19.4 Å². The highest BCUT2D eigenvalue weighted by Crippen LogP contribution is 2.19. The van der Waals surface area contributed by atoms with Crippen molar-refractivity contribution in [2.24, 2.45) is 0 Å². The van der Waals surface area contributed by atoms with E-state index in [2.05, 4.69) is 39.4 Å². The van der Waals surface area contributed by atoms with Crippen LogP contribution < -0.4 is 5.32 Å². The Hall–Kier alpha value is -1.95. The highest BCUT2D eigenvalue weighted by atomic mass is 35.5. The van der Waals surface area contributed by atoms with E-state index in [-0.39, 0.29) is 17.6 Å². The van der Waals surface area contributed by atoms with E-state index >= 15 is 0 Å². The van der Waals surface area contributed by atoms with Gasteiger partial charge in [-0.15, -0.1) is 0 Å². The van der Waals surface area contributed by atoms with Gasteiger partial charge in [-0.2, -0.15) is 0 Å². The number of rotatable bonds is 6. The number of halogens is 2. The summed E-state index contributed by atoms with van der Waals surface area (Å²) < 4.78 is 13.9. The number of piperazine rings is 1. The quantitative estimate of drug-likeness (QED) is 0.818. The van der Waals surface area contributed by atoms with Crippen LogP contribution in [-0.2, 0) is 11.2 Å². The maximum atomic E-state index is 13.9. The van der Waals surface area contributed by atoms with Crippen molar-refractivity contribution >= 4 is 23.2 Å². The van der Waals surface area contributed by atoms with Crippen molar-refractivity contribution in [3.8, 4) is 0 Å². The number of nitrogens with one attached hydrogen (secondary N) is 1. The van der Waals surface area contributed by atoms with E-state index in [1.54, 1.807) is 6.07 Å². The fourth-order valence-corrected chi connectivity index (χ4v) is 3.46. The van der Waals surface area contributed by atoms with Gasteiger partial charge in [-0.1, -0.05) is 41.9 Å². The van der Waals surface area contributed by atoms with E-state index in [0.717, 1.165) is 39.1 Å². The fourth-order valence-electron chi connectivity index (χ4n) is 3.30. The summed E-state index contributed by atoms with van der Waals surface area (Å²) in [6.07, 6.45) is 1.03. The molecule has 0 aromatic heterocycles. The summed E-state index contributed by atoms with van der Waals surface area (Å²) in [6, 6.07) is 14.4. The van der Waals surface area contributed by atoms with Gasteiger partial charge in [0.15, 0.2) is 0 Å². The lowest BCUT2D eigenvalue weighted by Gasteiger charge is -2.37. The molecular weight excluding hydrogens is 365 g/mol. The van der Waals surface area contributed by atoms with Crippen LogP contribution in [0, 0.1) is 5.82 Å². The van der Waals surface area contributed by atoms with Crippen molar-refractivity contribution in [3.63, 3.8) is 0 Å². The zero-order chi connectivity index (χ0) is 19.2. The number of benzene rings is 2. The lowest BCUT2D eigenvalue weighted by molar-refractivity contribution is -0.121. The van der Waals surface area contributed by atoms with Crippen LogP contribution in [0.25, 0.3) is 0 Å². The van der Waals surface area contributed by atoms with Crippen LogP contribution in [0.15, 0.2) is 48.5 Å². The van der Waals surface area contributed by atoms with Crippen LogP contribution >= 0.6 is 11.6 Å². The van der Waals surface area contributed by atoms with Gasteiger partial charge in [0.2, 0.25) is 5.91 Å². The van der Waals surface area contributed by atoms with Gasteiger partial charge in [-0.3, -0.25) is 9.69 Å². The highest BCUT2D eigenvalue weighted by molar-refractivity contribution is 6.30. The van der Waals surface area contributed by atoms with Gasteiger partial charge in [0.1, 0.15) is 5.82 Å². The Labute approximate surface area is 164 Å². The van der Waals surface area contributed by atoms with Gasteiger partial charge < -0.3 is 10.2 Å². The molecule has 144 valence electrons. The molecule has 3 rings (SSSR count). The van der Waals surface area contributed by atoms with Crippen molar-refractivity contribution in [3.05, 3.63) is 64.9 Å². The molecule has 1 aliphatic heterocycles. The minimum Gasteiger partial charge on any atom is -0.322 e. The summed E-state index contributed by atoms with van der Waals surface area (Å²) in [7, 11) is 0. The van der Waals surface area contributed by atoms with Crippen molar-refractivity contribution in [2.75, 3.05) is 38.0 Å². The number of nitrogens with zero attached hydrogens (tertiary/aromatic N) is 2. The topological polar surface area (TPSA) is 35.6 Å². The average molecular weight is 390 g/mol. The number of hydrogen-bond acceptors (Lipinski definition) is 3. The number of anilines is 1. The van der Waals surface area contributed by atoms with E-state index in [4.69, 9.17) is 11.6 Å². The first-order valence-corrected chi connectivity index (χ1v) is 9.67. The molecule has 0 aliphatic carbocycles. The van der Waals surface area contributed by atoms with Gasteiger partial charge >= 0.3 is 0 Å². The molecule has 2 aromatic carbocycles. The molecule has 1 heterocycles. The second kappa shape index (κ2) is 9.31. The molecule has 1 atom stereocenters. The minimum atomic E-state index is -0.520. The van der Waals surface area contributed by atoms with Crippen LogP contribution in [0.5, 0.6) is 0 Å². The third-order valence-electron chi connectivity index (χ3n) is 5.08. The molecule has 1 amide bonds. The third-order valence-corrected chi connectivity index (χ3v) is 5.32. The predicted octanol–water partition coefficient (Wildman–Crippen LogP) is 3.67. The van der Waals surface area contributed by atoms with E-state index in [0.29, 0.717) is 5.02 Å². The molecule has 6 heteroatoms. The van der Waals surface area contributed by atoms with E-state index in [1.807, 2.05) is 13.0 Å². The van der Waals surface area contributed by atoms with Crippen LogP contribution in [0.1, 0.15) is 12.5 Å². The van der Waals surface area contributed by atoms with Crippen LogP contribution in [0.4, 0.5) is 10.1 Å². The van der Waals surface area contributed by atoms with E-state index in [1.165, 1.54) is 17.7 Å². The second-order valence-electron chi connectivity index (χ2n) is 6.90. The zero-order valence-electron chi connectivity index (χ0n) is 15.5. The standard InChI is InChI=1S/C21H25ClFN3O/c1-16(21(27)24-20-8-7-18(22)15-19(20)23)26-13-11-25(12-14-26)10-9-17-5-3-2-4-6-17/h2-8,15-16H,9-14H2,1H3,(H,24,27)/t16-/m1/s1. The van der Waals surface area contributed by atoms with Crippen LogP contribution in [0.3, 0.4) is 0 Å². The van der Waals surface area contributed by atoms with Gasteiger partial charge in [-0.25, -0.2) is 4.39 Å². The first-order chi connectivity index (χ1) is 13.0. The van der Waals surface area contributed by atoms with E-state index < -0.39 is 5.82 Å². The molecular formula is C21H25ClFN3O. The van der Waals surface area contributed by atoms with Gasteiger partial charge in [0.05, 0.1) is 11.7 Å². The Kier molecular flexibility index (Phi) is 6.83. The molecule has 1 fully saturated rings. The summed E-state index contributed by atoms with van der Waals surface area (Å²) in [6.45, 7) is 6.40. The van der Waals surface area contributed by atoms with Crippen molar-refractivity contribution < 1.29 is 9.18 Å². The molecule has 0 saturated carbocycles. The summed E-state index contributed by atoms with van der Waals surface area (Å²) in [4.78, 5) is 17.0. The molecule has 0 spiro atoms. The Bertz CT molecular complexity index is 763. The Morgan fingerprint density at radius 2 is 1.85 bits per heavy atom. The molecule has 0 unspecified atom stereocenters.